The molecule has 3 aromatic carbocycles. The fraction of sp³-hybridized carbons (Fsp3) is 0.231. The number of anilines is 2. The van der Waals surface area contributed by atoms with Crippen LogP contribution < -0.4 is 15.4 Å². The van der Waals surface area contributed by atoms with Gasteiger partial charge in [0.15, 0.2) is 0 Å². The number of nitrogens with one attached hydrogen (secondary N) is 2. The van der Waals surface area contributed by atoms with Gasteiger partial charge in [0, 0.05) is 36.1 Å². The van der Waals surface area contributed by atoms with E-state index < -0.39 is 0 Å². The molecule has 0 aromatic heterocycles. The molecule has 6 nitrogen and oxygen atoms in total. The smallest absolute Gasteiger partial charge is 0.253 e. The van der Waals surface area contributed by atoms with Crippen LogP contribution in [-0.4, -0.2) is 36.3 Å². The van der Waals surface area contributed by atoms with Gasteiger partial charge < -0.3 is 20.3 Å². The van der Waals surface area contributed by atoms with Gasteiger partial charge in [0.25, 0.3) is 5.91 Å². The van der Waals surface area contributed by atoms with E-state index in [1.165, 1.54) is 0 Å². The lowest BCUT2D eigenvalue weighted by Crippen LogP contribution is -2.27. The van der Waals surface area contributed by atoms with E-state index in [2.05, 4.69) is 10.6 Å². The van der Waals surface area contributed by atoms with Crippen LogP contribution in [0.5, 0.6) is 5.75 Å². The molecule has 1 fully saturated rings. The highest BCUT2D eigenvalue weighted by atomic mass is 16.5. The molecule has 164 valence electrons. The van der Waals surface area contributed by atoms with E-state index in [0.717, 1.165) is 42.9 Å². The molecule has 3 aromatic rings. The second-order valence-electron chi connectivity index (χ2n) is 7.78. The first-order chi connectivity index (χ1) is 15.7. The summed E-state index contributed by atoms with van der Waals surface area (Å²) in [7, 11) is 0. The first-order valence-corrected chi connectivity index (χ1v) is 10.9. The third kappa shape index (κ3) is 5.88. The van der Waals surface area contributed by atoms with Gasteiger partial charge in [-0.25, -0.2) is 0 Å². The molecule has 6 heteroatoms. The maximum atomic E-state index is 12.4. The minimum Gasteiger partial charge on any atom is -0.489 e. The van der Waals surface area contributed by atoms with Gasteiger partial charge in [0.05, 0.1) is 6.54 Å². The van der Waals surface area contributed by atoms with Crippen molar-refractivity contribution < 1.29 is 14.3 Å². The molecule has 0 aliphatic carbocycles. The number of hydrogen-bond acceptors (Lipinski definition) is 4. The maximum Gasteiger partial charge on any atom is 0.253 e. The van der Waals surface area contributed by atoms with Crippen molar-refractivity contribution >= 4 is 23.2 Å². The fourth-order valence-electron chi connectivity index (χ4n) is 3.62. The van der Waals surface area contributed by atoms with Gasteiger partial charge in [0.2, 0.25) is 5.91 Å². The standard InChI is InChI=1S/C26H27N3O3/c30-25(28-22-13-11-21(12-14-22)26(31)29-15-4-5-16-29)18-27-23-9-6-10-24(17-23)32-19-20-7-2-1-3-8-20/h1-3,6-14,17,27H,4-5,15-16,18-19H2,(H,28,30). The number of benzene rings is 3. The van der Waals surface area contributed by atoms with E-state index in [1.54, 1.807) is 24.3 Å². The largest absolute Gasteiger partial charge is 0.489 e. The molecule has 1 aliphatic heterocycles. The van der Waals surface area contributed by atoms with E-state index >= 15 is 0 Å². The molecule has 0 saturated carbocycles. The lowest BCUT2D eigenvalue weighted by atomic mass is 10.2. The maximum absolute atomic E-state index is 12.4. The Kier molecular flexibility index (Phi) is 7.02. The van der Waals surface area contributed by atoms with Gasteiger partial charge >= 0.3 is 0 Å². The Morgan fingerprint density at radius 2 is 1.59 bits per heavy atom. The van der Waals surface area contributed by atoms with Crippen molar-refractivity contribution in [2.45, 2.75) is 19.4 Å². The monoisotopic (exact) mass is 429 g/mol. The Morgan fingerprint density at radius 1 is 0.844 bits per heavy atom. The lowest BCUT2D eigenvalue weighted by Gasteiger charge is -2.15. The summed E-state index contributed by atoms with van der Waals surface area (Å²) in [6, 6.07) is 24.5. The molecule has 4 rings (SSSR count). The Labute approximate surface area is 188 Å². The molecule has 2 N–H and O–H groups in total. The second kappa shape index (κ2) is 10.5. The van der Waals surface area contributed by atoms with Crippen molar-refractivity contribution in [1.29, 1.82) is 0 Å². The summed E-state index contributed by atoms with van der Waals surface area (Å²) in [6.07, 6.45) is 2.13. The zero-order valence-electron chi connectivity index (χ0n) is 17.9. The van der Waals surface area contributed by atoms with Crippen LogP contribution >= 0.6 is 0 Å². The molecule has 0 spiro atoms. The summed E-state index contributed by atoms with van der Waals surface area (Å²) in [5.74, 6) is 0.619. The number of ether oxygens (including phenoxy) is 1. The molecule has 2 amide bonds. The Morgan fingerprint density at radius 3 is 2.34 bits per heavy atom. The SMILES string of the molecule is O=C(CNc1cccc(OCc2ccccc2)c1)Nc1ccc(C(=O)N2CCCC2)cc1. The zero-order chi connectivity index (χ0) is 22.2. The van der Waals surface area contributed by atoms with Crippen molar-refractivity contribution in [2.24, 2.45) is 0 Å². The number of amides is 2. The molecule has 1 aliphatic rings. The number of rotatable bonds is 8. The minimum atomic E-state index is -0.167. The van der Waals surface area contributed by atoms with Crippen LogP contribution in [0.1, 0.15) is 28.8 Å². The predicted octanol–water partition coefficient (Wildman–Crippen LogP) is 4.55. The highest BCUT2D eigenvalue weighted by molar-refractivity contribution is 5.96. The van der Waals surface area contributed by atoms with E-state index in [1.807, 2.05) is 59.5 Å². The van der Waals surface area contributed by atoms with E-state index in [4.69, 9.17) is 4.74 Å². The summed E-state index contributed by atoms with van der Waals surface area (Å²) in [5.41, 5.74) is 3.21. The Balaban J connectivity index is 1.25. The number of carbonyl (C=O) groups is 2. The van der Waals surface area contributed by atoms with Crippen molar-refractivity contribution in [3.05, 3.63) is 90.0 Å². The van der Waals surface area contributed by atoms with Gasteiger partial charge in [-0.3, -0.25) is 9.59 Å². The lowest BCUT2D eigenvalue weighted by molar-refractivity contribution is -0.114. The zero-order valence-corrected chi connectivity index (χ0v) is 17.9. The van der Waals surface area contributed by atoms with Crippen LogP contribution in [0, 0.1) is 0 Å². The number of carbonyl (C=O) groups excluding carboxylic acids is 2. The van der Waals surface area contributed by atoms with Crippen molar-refractivity contribution in [1.82, 2.24) is 4.90 Å². The van der Waals surface area contributed by atoms with Crippen LogP contribution in [0.15, 0.2) is 78.9 Å². The average Bonchev–Trinajstić information content (AvgIpc) is 3.38. The molecule has 0 radical (unpaired) electrons. The highest BCUT2D eigenvalue weighted by Gasteiger charge is 2.19. The number of hydrogen-bond donors (Lipinski definition) is 2. The van der Waals surface area contributed by atoms with Crippen LogP contribution in [-0.2, 0) is 11.4 Å². The molecular formula is C26H27N3O3. The van der Waals surface area contributed by atoms with E-state index in [9.17, 15) is 9.59 Å². The van der Waals surface area contributed by atoms with Gasteiger partial charge in [-0.2, -0.15) is 0 Å². The molecule has 0 atom stereocenters. The fourth-order valence-corrected chi connectivity index (χ4v) is 3.62. The summed E-state index contributed by atoms with van der Waals surface area (Å²) in [4.78, 5) is 26.6. The quantitative estimate of drug-likeness (QED) is 0.551. The minimum absolute atomic E-state index is 0.0522. The van der Waals surface area contributed by atoms with Crippen LogP contribution in [0.2, 0.25) is 0 Å². The molecular weight excluding hydrogens is 402 g/mol. The molecule has 32 heavy (non-hydrogen) atoms. The summed E-state index contributed by atoms with van der Waals surface area (Å²) in [6.45, 7) is 2.25. The molecule has 0 bridgehead atoms. The summed E-state index contributed by atoms with van der Waals surface area (Å²) in [5, 5.41) is 5.97. The number of likely N-dealkylation sites (tertiary alicyclic amines) is 1. The Hall–Kier alpha value is -3.80. The van der Waals surface area contributed by atoms with Crippen LogP contribution in [0.4, 0.5) is 11.4 Å². The van der Waals surface area contributed by atoms with Crippen molar-refractivity contribution in [3.63, 3.8) is 0 Å². The first kappa shape index (κ1) is 21.4. The van der Waals surface area contributed by atoms with Crippen LogP contribution in [0.25, 0.3) is 0 Å². The molecule has 0 unspecified atom stereocenters. The molecule has 1 saturated heterocycles. The summed E-state index contributed by atoms with van der Waals surface area (Å²) >= 11 is 0. The van der Waals surface area contributed by atoms with Gasteiger partial charge in [0.1, 0.15) is 12.4 Å². The second-order valence-corrected chi connectivity index (χ2v) is 7.78. The highest BCUT2D eigenvalue weighted by Crippen LogP contribution is 2.19. The van der Waals surface area contributed by atoms with Gasteiger partial charge in [-0.15, -0.1) is 0 Å². The van der Waals surface area contributed by atoms with Gasteiger partial charge in [-0.05, 0) is 54.8 Å². The van der Waals surface area contributed by atoms with Gasteiger partial charge in [-0.1, -0.05) is 36.4 Å². The van der Waals surface area contributed by atoms with E-state index in [-0.39, 0.29) is 18.4 Å². The average molecular weight is 430 g/mol. The number of nitrogens with zero attached hydrogens (tertiary/aromatic N) is 1. The topological polar surface area (TPSA) is 70.7 Å². The van der Waals surface area contributed by atoms with Crippen LogP contribution in [0.3, 0.4) is 0 Å². The Bertz CT molecular complexity index is 1050. The predicted molar refractivity (Wildman–Crippen MR) is 126 cm³/mol. The van der Waals surface area contributed by atoms with Crippen molar-refractivity contribution in [3.8, 4) is 5.75 Å². The normalized spacial score (nSPS) is 12.9. The first-order valence-electron chi connectivity index (χ1n) is 10.9. The third-order valence-electron chi connectivity index (χ3n) is 5.34. The van der Waals surface area contributed by atoms with E-state index in [0.29, 0.717) is 17.9 Å². The third-order valence-corrected chi connectivity index (χ3v) is 5.34. The molecule has 1 heterocycles. The summed E-state index contributed by atoms with van der Waals surface area (Å²) < 4.78 is 5.83. The van der Waals surface area contributed by atoms with Crippen molar-refractivity contribution in [2.75, 3.05) is 30.3 Å².